The van der Waals surface area contributed by atoms with Gasteiger partial charge in [-0.2, -0.15) is 0 Å². The molecule has 8 nitrogen and oxygen atoms in total. The predicted octanol–water partition coefficient (Wildman–Crippen LogP) is 3.60. The molecule has 0 bridgehead atoms. The summed E-state index contributed by atoms with van der Waals surface area (Å²) in [6.45, 7) is 7.53. The number of amides is 1. The number of pyridine rings is 1. The summed E-state index contributed by atoms with van der Waals surface area (Å²) in [7, 11) is 1.72. The van der Waals surface area contributed by atoms with Gasteiger partial charge < -0.3 is 24.2 Å². The zero-order valence-electron chi connectivity index (χ0n) is 22.8. The van der Waals surface area contributed by atoms with E-state index >= 15 is 0 Å². The van der Waals surface area contributed by atoms with Gasteiger partial charge in [0.05, 0.1) is 13.7 Å². The first kappa shape index (κ1) is 27.9. The van der Waals surface area contributed by atoms with Gasteiger partial charge in [-0.1, -0.05) is 26.3 Å². The zero-order chi connectivity index (χ0) is 26.2. The molecule has 1 amide bonds. The maximum Gasteiger partial charge on any atom is 0.236 e. The Labute approximate surface area is 222 Å². The first-order chi connectivity index (χ1) is 18.0. The van der Waals surface area contributed by atoms with E-state index in [-0.39, 0.29) is 18.6 Å². The number of hydrogen-bond acceptors (Lipinski definition) is 7. The second-order valence-electron chi connectivity index (χ2n) is 10.8. The van der Waals surface area contributed by atoms with Crippen LogP contribution in [0.3, 0.4) is 0 Å². The number of fused-ring (bicyclic) bond motifs is 1. The minimum absolute atomic E-state index is 0.0423. The maximum absolute atomic E-state index is 13.5. The predicted molar refractivity (Wildman–Crippen MR) is 141 cm³/mol. The van der Waals surface area contributed by atoms with Crippen LogP contribution in [0.25, 0.3) is 0 Å². The number of methoxy groups -OCH3 is 1. The third-order valence-corrected chi connectivity index (χ3v) is 8.50. The van der Waals surface area contributed by atoms with Crippen LogP contribution >= 0.6 is 0 Å². The molecule has 3 aliphatic rings. The van der Waals surface area contributed by atoms with Crippen LogP contribution in [-0.2, 0) is 25.4 Å². The van der Waals surface area contributed by atoms with Crippen LogP contribution in [0.2, 0.25) is 0 Å². The van der Waals surface area contributed by atoms with Gasteiger partial charge in [0.2, 0.25) is 5.91 Å². The van der Waals surface area contributed by atoms with Gasteiger partial charge in [-0.15, -0.1) is 0 Å². The lowest BCUT2D eigenvalue weighted by Crippen LogP contribution is -2.43. The molecule has 2 saturated heterocycles. The van der Waals surface area contributed by atoms with Crippen molar-refractivity contribution < 1.29 is 24.1 Å². The average molecular weight is 516 g/mol. The number of likely N-dealkylation sites (tertiary alicyclic amines) is 1. The first-order valence-corrected chi connectivity index (χ1v) is 14.1. The van der Waals surface area contributed by atoms with Crippen molar-refractivity contribution in [2.24, 2.45) is 17.8 Å². The molecule has 8 heteroatoms. The summed E-state index contributed by atoms with van der Waals surface area (Å²) >= 11 is 0. The molecule has 1 N–H and O–H groups in total. The molecule has 206 valence electrons. The van der Waals surface area contributed by atoms with E-state index in [2.05, 4.69) is 29.8 Å². The van der Waals surface area contributed by atoms with Crippen molar-refractivity contribution >= 4 is 5.91 Å². The fraction of sp³-hybridized carbons (Fsp3) is 0.724. The molecular weight excluding hydrogens is 470 g/mol. The van der Waals surface area contributed by atoms with Gasteiger partial charge in [0.15, 0.2) is 12.6 Å². The van der Waals surface area contributed by atoms with Crippen LogP contribution in [0, 0.1) is 17.8 Å². The quantitative estimate of drug-likeness (QED) is 0.430. The molecule has 2 aliphatic heterocycles. The lowest BCUT2D eigenvalue weighted by molar-refractivity contribution is -0.133. The topological polar surface area (TPSA) is 84.4 Å². The van der Waals surface area contributed by atoms with Crippen molar-refractivity contribution in [1.82, 2.24) is 14.8 Å². The number of aliphatic hydroxyl groups is 1. The number of nitrogens with zero attached hydrogens (tertiary/aromatic N) is 3. The Hall–Kier alpha value is -2.16. The summed E-state index contributed by atoms with van der Waals surface area (Å²) in [5.41, 5.74) is 1.10. The molecule has 3 heterocycles. The minimum Gasteiger partial charge on any atom is -0.497 e. The monoisotopic (exact) mass is 515 g/mol. The number of hydrogen-bond donors (Lipinski definition) is 1. The second kappa shape index (κ2) is 13.6. The summed E-state index contributed by atoms with van der Waals surface area (Å²) in [5.74, 6) is 3.16. The number of carbonyl (C=O) groups excluding carboxylic acids is 1. The molecule has 2 fully saturated rings. The van der Waals surface area contributed by atoms with Crippen LogP contribution in [0.15, 0.2) is 35.9 Å². The van der Waals surface area contributed by atoms with E-state index in [0.29, 0.717) is 50.1 Å². The van der Waals surface area contributed by atoms with Gasteiger partial charge in [-0.3, -0.25) is 14.7 Å². The molecule has 0 radical (unpaired) electrons. The van der Waals surface area contributed by atoms with Gasteiger partial charge in [0.25, 0.3) is 0 Å². The molecule has 0 spiro atoms. The van der Waals surface area contributed by atoms with Crippen molar-refractivity contribution in [3.63, 3.8) is 0 Å². The Balaban J connectivity index is 1.48. The van der Waals surface area contributed by atoms with Gasteiger partial charge >= 0.3 is 0 Å². The van der Waals surface area contributed by atoms with Crippen molar-refractivity contribution in [3.05, 3.63) is 41.6 Å². The molecule has 37 heavy (non-hydrogen) atoms. The summed E-state index contributed by atoms with van der Waals surface area (Å²) in [6.07, 6.45) is 8.26. The molecule has 1 aliphatic carbocycles. The highest BCUT2D eigenvalue weighted by atomic mass is 16.7. The Morgan fingerprint density at radius 3 is 2.86 bits per heavy atom. The van der Waals surface area contributed by atoms with Crippen LogP contribution < -0.4 is 0 Å². The fourth-order valence-corrected chi connectivity index (χ4v) is 6.40. The molecule has 0 saturated carbocycles. The van der Waals surface area contributed by atoms with E-state index in [1.807, 2.05) is 23.2 Å². The highest BCUT2D eigenvalue weighted by Crippen LogP contribution is 2.46. The standard InChI is InChI=1S/C29H45N3O5/c1-4-5-13-31(14-8-15-33)27(34)19-32-18-22(16-24(32)11-10-23-9-6-7-12-30-23)25-17-26(35-3)29-28(21(25)2)36-20-37-29/h6-7,9,12,21-22,24-25,28,33H,4-5,8,10-11,13-20H2,1-3H3/t21?,22-,24+,25?,28?/m1/s1. The SMILES string of the molecule is CCCCN(CCCO)C(=O)CN1C[C@H](C2CC(OC)=C3OCOC3C2C)C[C@@H]1CCc1ccccn1. The van der Waals surface area contributed by atoms with Gasteiger partial charge in [-0.25, -0.2) is 0 Å². The molecule has 1 aromatic rings. The molecule has 1 aromatic heterocycles. The minimum atomic E-state index is -0.0423. The van der Waals surface area contributed by atoms with Gasteiger partial charge in [0.1, 0.15) is 11.9 Å². The number of aromatic nitrogens is 1. The number of allylic oxidation sites excluding steroid dienone is 1. The number of carbonyl (C=O) groups is 1. The largest absolute Gasteiger partial charge is 0.497 e. The van der Waals surface area contributed by atoms with Crippen molar-refractivity contribution in [3.8, 4) is 0 Å². The highest BCUT2D eigenvalue weighted by molar-refractivity contribution is 5.78. The number of unbranched alkanes of at least 4 members (excludes halogenated alkanes) is 1. The lowest BCUT2D eigenvalue weighted by atomic mass is 9.72. The smallest absolute Gasteiger partial charge is 0.236 e. The van der Waals surface area contributed by atoms with Crippen molar-refractivity contribution in [2.75, 3.05) is 46.7 Å². The van der Waals surface area contributed by atoms with Crippen molar-refractivity contribution in [1.29, 1.82) is 0 Å². The van der Waals surface area contributed by atoms with E-state index in [9.17, 15) is 9.90 Å². The molecule has 3 unspecified atom stereocenters. The zero-order valence-corrected chi connectivity index (χ0v) is 22.8. The Kier molecular flexibility index (Phi) is 10.2. The Bertz CT molecular complexity index is 887. The van der Waals surface area contributed by atoms with Crippen LogP contribution in [0.1, 0.15) is 58.1 Å². The fourth-order valence-electron chi connectivity index (χ4n) is 6.40. The summed E-state index contributed by atoms with van der Waals surface area (Å²) in [5, 5.41) is 9.35. The third-order valence-electron chi connectivity index (χ3n) is 8.50. The van der Waals surface area contributed by atoms with Crippen LogP contribution in [-0.4, -0.2) is 84.6 Å². The van der Waals surface area contributed by atoms with E-state index in [1.54, 1.807) is 7.11 Å². The third kappa shape index (κ3) is 6.84. The number of aliphatic hydroxyl groups excluding tert-OH is 1. The highest BCUT2D eigenvalue weighted by Gasteiger charge is 2.47. The van der Waals surface area contributed by atoms with E-state index in [1.165, 1.54) is 0 Å². The van der Waals surface area contributed by atoms with Crippen LogP contribution in [0.5, 0.6) is 0 Å². The summed E-state index contributed by atoms with van der Waals surface area (Å²) < 4.78 is 17.5. The second-order valence-corrected chi connectivity index (χ2v) is 10.8. The Morgan fingerprint density at radius 1 is 1.30 bits per heavy atom. The number of ether oxygens (including phenoxy) is 3. The first-order valence-electron chi connectivity index (χ1n) is 14.1. The molecule has 4 rings (SSSR count). The van der Waals surface area contributed by atoms with E-state index in [4.69, 9.17) is 14.2 Å². The van der Waals surface area contributed by atoms with Crippen LogP contribution in [0.4, 0.5) is 0 Å². The molecule has 5 atom stereocenters. The summed E-state index contributed by atoms with van der Waals surface area (Å²) in [4.78, 5) is 22.3. The lowest BCUT2D eigenvalue weighted by Gasteiger charge is -2.36. The van der Waals surface area contributed by atoms with E-state index in [0.717, 1.165) is 68.8 Å². The van der Waals surface area contributed by atoms with Gasteiger partial charge in [-0.05, 0) is 62.0 Å². The van der Waals surface area contributed by atoms with Gasteiger partial charge in [0, 0.05) is 50.6 Å². The number of aryl methyl sites for hydroxylation is 1. The molecular formula is C29H45N3O5. The summed E-state index contributed by atoms with van der Waals surface area (Å²) in [6, 6.07) is 6.40. The Morgan fingerprint density at radius 2 is 2.14 bits per heavy atom. The maximum atomic E-state index is 13.5. The normalized spacial score (nSPS) is 27.7. The number of rotatable bonds is 13. The average Bonchev–Trinajstić information content (AvgIpc) is 3.56. The van der Waals surface area contributed by atoms with E-state index < -0.39 is 0 Å². The molecule has 0 aromatic carbocycles. The van der Waals surface area contributed by atoms with Crippen molar-refractivity contribution in [2.45, 2.75) is 70.9 Å².